The van der Waals surface area contributed by atoms with Gasteiger partial charge in [-0.15, -0.1) is 0 Å². The standard InChI is InChI=1S/C15H25N3O4/c1-3-16-13(22)17-15(6-4-5-7-15)11(19)18-9-8-14(2,10-18)12(20)21/h3-10H2,1-2H3,(H,20,21)(H2,16,17,22). The molecule has 2 fully saturated rings. The summed E-state index contributed by atoms with van der Waals surface area (Å²) in [5, 5.41) is 14.8. The van der Waals surface area contributed by atoms with Gasteiger partial charge >= 0.3 is 12.0 Å². The third kappa shape index (κ3) is 3.03. The number of nitrogens with zero attached hydrogens (tertiary/aromatic N) is 1. The van der Waals surface area contributed by atoms with Gasteiger partial charge in [-0.1, -0.05) is 12.8 Å². The van der Waals surface area contributed by atoms with E-state index in [4.69, 9.17) is 0 Å². The highest BCUT2D eigenvalue weighted by molar-refractivity contribution is 5.92. The Morgan fingerprint density at radius 3 is 2.32 bits per heavy atom. The van der Waals surface area contributed by atoms with E-state index in [1.54, 1.807) is 11.8 Å². The van der Waals surface area contributed by atoms with E-state index in [1.807, 2.05) is 6.92 Å². The number of likely N-dealkylation sites (tertiary alicyclic amines) is 1. The average Bonchev–Trinajstić information content (AvgIpc) is 3.07. The van der Waals surface area contributed by atoms with Crippen molar-refractivity contribution in [2.24, 2.45) is 5.41 Å². The van der Waals surface area contributed by atoms with E-state index in [2.05, 4.69) is 10.6 Å². The summed E-state index contributed by atoms with van der Waals surface area (Å²) in [7, 11) is 0. The van der Waals surface area contributed by atoms with Gasteiger partial charge in [0, 0.05) is 19.6 Å². The molecule has 2 rings (SSSR count). The molecule has 1 atom stereocenters. The van der Waals surface area contributed by atoms with Crippen LogP contribution in [-0.2, 0) is 9.59 Å². The fourth-order valence-corrected chi connectivity index (χ4v) is 3.40. The third-order valence-electron chi connectivity index (χ3n) is 4.83. The predicted molar refractivity (Wildman–Crippen MR) is 80.3 cm³/mol. The number of nitrogens with one attached hydrogen (secondary N) is 2. The molecule has 1 aliphatic heterocycles. The molecular weight excluding hydrogens is 286 g/mol. The number of carboxylic acids is 1. The summed E-state index contributed by atoms with van der Waals surface area (Å²) in [6.07, 6.45) is 3.46. The molecule has 1 saturated carbocycles. The summed E-state index contributed by atoms with van der Waals surface area (Å²) >= 11 is 0. The number of aliphatic carboxylic acids is 1. The quantitative estimate of drug-likeness (QED) is 0.719. The lowest BCUT2D eigenvalue weighted by Gasteiger charge is -2.33. The number of hydrogen-bond donors (Lipinski definition) is 3. The summed E-state index contributed by atoms with van der Waals surface area (Å²) in [6, 6.07) is -0.335. The van der Waals surface area contributed by atoms with Crippen molar-refractivity contribution in [1.29, 1.82) is 0 Å². The third-order valence-corrected chi connectivity index (χ3v) is 4.83. The summed E-state index contributed by atoms with van der Waals surface area (Å²) in [5.74, 6) is -1.01. The lowest BCUT2D eigenvalue weighted by atomic mass is 9.90. The molecule has 0 radical (unpaired) electrons. The Balaban J connectivity index is 2.11. The monoisotopic (exact) mass is 311 g/mol. The van der Waals surface area contributed by atoms with Crippen LogP contribution in [0.4, 0.5) is 4.79 Å². The van der Waals surface area contributed by atoms with E-state index in [0.29, 0.717) is 32.4 Å². The highest BCUT2D eigenvalue weighted by atomic mass is 16.4. The van der Waals surface area contributed by atoms with E-state index in [0.717, 1.165) is 12.8 Å². The van der Waals surface area contributed by atoms with Crippen LogP contribution in [0.1, 0.15) is 46.0 Å². The molecule has 0 bridgehead atoms. The normalized spacial score (nSPS) is 26.7. The Morgan fingerprint density at radius 2 is 1.82 bits per heavy atom. The number of carbonyl (C=O) groups excluding carboxylic acids is 2. The number of rotatable bonds is 4. The summed E-state index contributed by atoms with van der Waals surface area (Å²) < 4.78 is 0. The van der Waals surface area contributed by atoms with E-state index >= 15 is 0 Å². The van der Waals surface area contributed by atoms with Gasteiger partial charge in [-0.25, -0.2) is 4.79 Å². The van der Waals surface area contributed by atoms with Crippen molar-refractivity contribution in [2.45, 2.75) is 51.5 Å². The molecule has 22 heavy (non-hydrogen) atoms. The van der Waals surface area contributed by atoms with Crippen molar-refractivity contribution in [3.8, 4) is 0 Å². The van der Waals surface area contributed by atoms with Crippen LogP contribution in [-0.4, -0.2) is 53.1 Å². The number of amides is 3. The van der Waals surface area contributed by atoms with E-state index < -0.39 is 16.9 Å². The van der Waals surface area contributed by atoms with Crippen LogP contribution in [0.2, 0.25) is 0 Å². The minimum atomic E-state index is -0.888. The van der Waals surface area contributed by atoms with Gasteiger partial charge in [-0.2, -0.15) is 0 Å². The second-order valence-corrected chi connectivity index (χ2v) is 6.62. The van der Waals surface area contributed by atoms with Crippen molar-refractivity contribution in [1.82, 2.24) is 15.5 Å². The van der Waals surface area contributed by atoms with Crippen LogP contribution in [0, 0.1) is 5.41 Å². The Hall–Kier alpha value is -1.79. The molecule has 0 aromatic heterocycles. The highest BCUT2D eigenvalue weighted by Gasteiger charge is 2.49. The Morgan fingerprint density at radius 1 is 1.18 bits per heavy atom. The van der Waals surface area contributed by atoms with Gasteiger partial charge in [-0.3, -0.25) is 9.59 Å². The second kappa shape index (κ2) is 6.14. The van der Waals surface area contributed by atoms with Crippen molar-refractivity contribution >= 4 is 17.9 Å². The first-order chi connectivity index (χ1) is 10.3. The number of carboxylic acid groups (broad SMARTS) is 1. The SMILES string of the molecule is CCNC(=O)NC1(C(=O)N2CCC(C)(C(=O)O)C2)CCCC1. The maximum absolute atomic E-state index is 12.9. The minimum absolute atomic E-state index is 0.138. The van der Waals surface area contributed by atoms with Gasteiger partial charge in [0.15, 0.2) is 0 Å². The Labute approximate surface area is 130 Å². The molecule has 0 aromatic carbocycles. The maximum atomic E-state index is 12.9. The molecule has 2 aliphatic rings. The molecule has 124 valence electrons. The van der Waals surface area contributed by atoms with Crippen LogP contribution in [0.5, 0.6) is 0 Å². The zero-order chi connectivity index (χ0) is 16.4. The number of urea groups is 1. The largest absolute Gasteiger partial charge is 0.481 e. The fraction of sp³-hybridized carbons (Fsp3) is 0.800. The van der Waals surface area contributed by atoms with E-state index in [9.17, 15) is 19.5 Å². The first kappa shape index (κ1) is 16.6. The summed E-state index contributed by atoms with van der Waals surface area (Å²) in [6.45, 7) is 4.63. The molecule has 1 saturated heterocycles. The van der Waals surface area contributed by atoms with Crippen molar-refractivity contribution in [3.05, 3.63) is 0 Å². The van der Waals surface area contributed by atoms with Crippen LogP contribution < -0.4 is 10.6 Å². The molecule has 3 amide bonds. The second-order valence-electron chi connectivity index (χ2n) is 6.62. The molecule has 7 nitrogen and oxygen atoms in total. The molecule has 0 spiro atoms. The van der Waals surface area contributed by atoms with Gasteiger partial charge in [0.2, 0.25) is 5.91 Å². The average molecular weight is 311 g/mol. The molecule has 3 N–H and O–H groups in total. The smallest absolute Gasteiger partial charge is 0.315 e. The van der Waals surface area contributed by atoms with Crippen LogP contribution in [0.25, 0.3) is 0 Å². The highest BCUT2D eigenvalue weighted by Crippen LogP contribution is 2.36. The van der Waals surface area contributed by atoms with Crippen molar-refractivity contribution < 1.29 is 19.5 Å². The molecular formula is C15H25N3O4. The maximum Gasteiger partial charge on any atom is 0.315 e. The Bertz CT molecular complexity index is 473. The van der Waals surface area contributed by atoms with E-state index in [-0.39, 0.29) is 18.5 Å². The fourth-order valence-electron chi connectivity index (χ4n) is 3.40. The van der Waals surface area contributed by atoms with Gasteiger partial charge < -0.3 is 20.6 Å². The number of hydrogen-bond acceptors (Lipinski definition) is 3. The van der Waals surface area contributed by atoms with Crippen LogP contribution >= 0.6 is 0 Å². The van der Waals surface area contributed by atoms with Crippen molar-refractivity contribution in [3.63, 3.8) is 0 Å². The molecule has 1 unspecified atom stereocenters. The number of carbonyl (C=O) groups is 3. The first-order valence-corrected chi connectivity index (χ1v) is 7.92. The van der Waals surface area contributed by atoms with Crippen molar-refractivity contribution in [2.75, 3.05) is 19.6 Å². The van der Waals surface area contributed by atoms with E-state index in [1.165, 1.54) is 0 Å². The van der Waals surface area contributed by atoms with Gasteiger partial charge in [0.05, 0.1) is 5.41 Å². The first-order valence-electron chi connectivity index (χ1n) is 7.92. The summed E-state index contributed by atoms with van der Waals surface area (Å²) in [5.41, 5.74) is -1.76. The molecule has 1 heterocycles. The van der Waals surface area contributed by atoms with Crippen LogP contribution in [0.15, 0.2) is 0 Å². The molecule has 1 aliphatic carbocycles. The topological polar surface area (TPSA) is 98.7 Å². The Kier molecular flexibility index (Phi) is 4.63. The molecule has 7 heteroatoms. The molecule has 0 aromatic rings. The van der Waals surface area contributed by atoms with Crippen LogP contribution in [0.3, 0.4) is 0 Å². The predicted octanol–water partition coefficient (Wildman–Crippen LogP) is 0.941. The van der Waals surface area contributed by atoms with Gasteiger partial charge in [-0.05, 0) is 33.1 Å². The van der Waals surface area contributed by atoms with Gasteiger partial charge in [0.25, 0.3) is 0 Å². The lowest BCUT2D eigenvalue weighted by Crippen LogP contribution is -2.60. The lowest BCUT2D eigenvalue weighted by molar-refractivity contribution is -0.147. The van der Waals surface area contributed by atoms with Gasteiger partial charge in [0.1, 0.15) is 5.54 Å². The minimum Gasteiger partial charge on any atom is -0.481 e. The summed E-state index contributed by atoms with van der Waals surface area (Å²) in [4.78, 5) is 37.7. The zero-order valence-electron chi connectivity index (χ0n) is 13.3. The zero-order valence-corrected chi connectivity index (χ0v) is 13.3.